The second-order valence-electron chi connectivity index (χ2n) is 8.20. The van der Waals surface area contributed by atoms with E-state index in [0.717, 1.165) is 0 Å². The van der Waals surface area contributed by atoms with Gasteiger partial charge in [0.15, 0.2) is 17.3 Å². The fourth-order valence-corrected chi connectivity index (χ4v) is 4.40. The molecule has 0 radical (unpaired) electrons. The van der Waals surface area contributed by atoms with Gasteiger partial charge < -0.3 is 24.2 Å². The largest absolute Gasteiger partial charge is 0.505 e. The van der Waals surface area contributed by atoms with Crippen molar-refractivity contribution in [2.75, 3.05) is 33.5 Å². The topological polar surface area (TPSA) is 103 Å². The normalized spacial score (nSPS) is 17.1. The Hall–Kier alpha value is -4.11. The van der Waals surface area contributed by atoms with Gasteiger partial charge in [0.2, 0.25) is 0 Å². The highest BCUT2D eigenvalue weighted by molar-refractivity contribution is 6.46. The highest BCUT2D eigenvalue weighted by atomic mass is 16.5. The molecule has 0 aliphatic carbocycles. The van der Waals surface area contributed by atoms with Crippen LogP contribution in [0.1, 0.15) is 29.9 Å². The number of rotatable bonds is 10. The molecule has 1 N–H and O–H groups in total. The molecule has 1 aliphatic rings. The highest BCUT2D eigenvalue weighted by Crippen LogP contribution is 2.42. The molecule has 0 spiro atoms. The molecule has 188 valence electrons. The summed E-state index contributed by atoms with van der Waals surface area (Å²) in [6, 6.07) is 9.78. The van der Waals surface area contributed by atoms with Gasteiger partial charge in [-0.1, -0.05) is 24.8 Å². The number of aliphatic hydroxyl groups is 1. The summed E-state index contributed by atoms with van der Waals surface area (Å²) in [5.74, 6) is -0.814. The van der Waals surface area contributed by atoms with Gasteiger partial charge in [0.1, 0.15) is 17.9 Å². The van der Waals surface area contributed by atoms with E-state index in [4.69, 9.17) is 14.2 Å². The molecule has 0 bridgehead atoms. The molecule has 1 saturated heterocycles. The van der Waals surface area contributed by atoms with Crippen LogP contribution in [0.25, 0.3) is 11.4 Å². The number of ether oxygens (including phenoxy) is 3. The zero-order valence-corrected chi connectivity index (χ0v) is 20.6. The second kappa shape index (κ2) is 10.7. The first-order valence-corrected chi connectivity index (χ1v) is 11.6. The van der Waals surface area contributed by atoms with E-state index in [1.54, 1.807) is 53.9 Å². The van der Waals surface area contributed by atoms with E-state index in [9.17, 15) is 14.7 Å². The Morgan fingerprint density at radius 3 is 2.72 bits per heavy atom. The van der Waals surface area contributed by atoms with Gasteiger partial charge in [-0.25, -0.2) is 4.98 Å². The first-order chi connectivity index (χ1) is 17.4. The van der Waals surface area contributed by atoms with E-state index in [1.165, 1.54) is 12.0 Å². The van der Waals surface area contributed by atoms with Crippen LogP contribution in [-0.2, 0) is 14.3 Å². The van der Waals surface area contributed by atoms with Crippen molar-refractivity contribution >= 4 is 23.1 Å². The molecule has 1 aromatic carbocycles. The quantitative estimate of drug-likeness (QED) is 0.200. The number of Topliss-reactive ketones (excluding diaryl/α,β-unsaturated/α-hetero) is 1. The molecule has 36 heavy (non-hydrogen) atoms. The number of hydrogen-bond acceptors (Lipinski definition) is 7. The lowest BCUT2D eigenvalue weighted by Gasteiger charge is -2.26. The number of hydrogen-bond donors (Lipinski definition) is 1. The van der Waals surface area contributed by atoms with Crippen molar-refractivity contribution in [1.29, 1.82) is 0 Å². The maximum Gasteiger partial charge on any atom is 0.295 e. The number of fused-ring (bicyclic) bond motifs is 1. The molecular weight excluding hydrogens is 462 g/mol. The Morgan fingerprint density at radius 1 is 1.19 bits per heavy atom. The number of nitrogens with zero attached hydrogens (tertiary/aromatic N) is 3. The van der Waals surface area contributed by atoms with Crippen molar-refractivity contribution in [3.63, 3.8) is 0 Å². The molecule has 1 amide bonds. The Labute approximate surface area is 209 Å². The van der Waals surface area contributed by atoms with Crippen LogP contribution in [0.4, 0.5) is 0 Å². The number of imidazole rings is 1. The van der Waals surface area contributed by atoms with Crippen molar-refractivity contribution < 1.29 is 28.9 Å². The summed E-state index contributed by atoms with van der Waals surface area (Å²) < 4.78 is 18.4. The summed E-state index contributed by atoms with van der Waals surface area (Å²) in [4.78, 5) is 32.3. The standard InChI is InChI=1S/C27H29N3O6/c1-5-14-36-19-11-10-18(16-20(19)35-6-2)24-22(26(32)27(33)30(24)13-15-34-4)25(31)23-17(3)28-21-9-7-8-12-29(21)23/h5,7-12,16,24,31H,1,6,13-15H2,2-4H3/b25-22+. The number of ketones is 1. The van der Waals surface area contributed by atoms with Crippen LogP contribution in [0.5, 0.6) is 11.5 Å². The van der Waals surface area contributed by atoms with Gasteiger partial charge in [-0.3, -0.25) is 14.0 Å². The van der Waals surface area contributed by atoms with Crippen LogP contribution in [0, 0.1) is 6.92 Å². The molecule has 1 fully saturated rings. The summed E-state index contributed by atoms with van der Waals surface area (Å²) in [5, 5.41) is 11.5. The predicted molar refractivity (Wildman–Crippen MR) is 134 cm³/mol. The summed E-state index contributed by atoms with van der Waals surface area (Å²) in [6.45, 7) is 8.32. The molecule has 1 unspecified atom stereocenters. The Morgan fingerprint density at radius 2 is 2.00 bits per heavy atom. The average molecular weight is 492 g/mol. The van der Waals surface area contributed by atoms with Crippen LogP contribution in [0.2, 0.25) is 0 Å². The number of aliphatic hydroxyl groups excluding tert-OH is 1. The van der Waals surface area contributed by atoms with Crippen LogP contribution < -0.4 is 9.47 Å². The molecule has 9 nitrogen and oxygen atoms in total. The molecule has 4 rings (SSSR count). The maximum atomic E-state index is 13.3. The number of carbonyl (C=O) groups excluding carboxylic acids is 2. The number of amides is 1. The minimum atomic E-state index is -0.860. The zero-order chi connectivity index (χ0) is 25.8. The minimum Gasteiger partial charge on any atom is -0.505 e. The van der Waals surface area contributed by atoms with Crippen LogP contribution in [-0.4, -0.2) is 64.6 Å². The Kier molecular flexibility index (Phi) is 7.40. The van der Waals surface area contributed by atoms with Crippen molar-refractivity contribution in [2.24, 2.45) is 0 Å². The predicted octanol–water partition coefficient (Wildman–Crippen LogP) is 3.67. The summed E-state index contributed by atoms with van der Waals surface area (Å²) in [7, 11) is 1.52. The third kappa shape index (κ3) is 4.45. The highest BCUT2D eigenvalue weighted by Gasteiger charge is 2.46. The van der Waals surface area contributed by atoms with Gasteiger partial charge in [0, 0.05) is 19.9 Å². The van der Waals surface area contributed by atoms with Crippen LogP contribution in [0.3, 0.4) is 0 Å². The summed E-state index contributed by atoms with van der Waals surface area (Å²) in [6.07, 6.45) is 3.38. The van der Waals surface area contributed by atoms with Crippen LogP contribution >= 0.6 is 0 Å². The molecule has 3 aromatic rings. The first-order valence-electron chi connectivity index (χ1n) is 11.6. The fraction of sp³-hybridized carbons (Fsp3) is 0.296. The van der Waals surface area contributed by atoms with Crippen molar-refractivity contribution in [3.8, 4) is 11.5 Å². The van der Waals surface area contributed by atoms with E-state index in [0.29, 0.717) is 47.3 Å². The van der Waals surface area contributed by atoms with E-state index in [-0.39, 0.29) is 24.5 Å². The monoisotopic (exact) mass is 491 g/mol. The average Bonchev–Trinajstić information content (AvgIpc) is 3.34. The molecule has 2 aromatic heterocycles. The number of carbonyl (C=O) groups is 2. The summed E-state index contributed by atoms with van der Waals surface area (Å²) >= 11 is 0. The van der Waals surface area contributed by atoms with E-state index < -0.39 is 17.7 Å². The van der Waals surface area contributed by atoms with Crippen molar-refractivity contribution in [1.82, 2.24) is 14.3 Å². The number of methoxy groups -OCH3 is 1. The Balaban J connectivity index is 1.91. The molecule has 1 atom stereocenters. The van der Waals surface area contributed by atoms with E-state index in [2.05, 4.69) is 11.6 Å². The third-order valence-electron chi connectivity index (χ3n) is 5.94. The smallest absolute Gasteiger partial charge is 0.295 e. The van der Waals surface area contributed by atoms with Crippen LogP contribution in [0.15, 0.2) is 60.8 Å². The molecule has 1 aliphatic heterocycles. The van der Waals surface area contributed by atoms with Gasteiger partial charge in [0.25, 0.3) is 11.7 Å². The van der Waals surface area contributed by atoms with Gasteiger partial charge in [-0.15, -0.1) is 0 Å². The lowest BCUT2D eigenvalue weighted by Crippen LogP contribution is -2.32. The third-order valence-corrected chi connectivity index (χ3v) is 5.94. The van der Waals surface area contributed by atoms with E-state index >= 15 is 0 Å². The fourth-order valence-electron chi connectivity index (χ4n) is 4.40. The molecule has 9 heteroatoms. The lowest BCUT2D eigenvalue weighted by molar-refractivity contribution is -0.140. The second-order valence-corrected chi connectivity index (χ2v) is 8.20. The number of aryl methyl sites for hydroxylation is 1. The molecule has 0 saturated carbocycles. The van der Waals surface area contributed by atoms with Crippen molar-refractivity contribution in [3.05, 3.63) is 77.8 Å². The first kappa shape index (κ1) is 25.0. The SMILES string of the molecule is C=CCOc1ccc(C2/C(=C(\O)c3c(C)nc4ccccn34)C(=O)C(=O)N2CCOC)cc1OCC. The maximum absolute atomic E-state index is 13.3. The van der Waals surface area contributed by atoms with Gasteiger partial charge in [-0.05, 0) is 43.7 Å². The lowest BCUT2D eigenvalue weighted by atomic mass is 9.96. The van der Waals surface area contributed by atoms with Gasteiger partial charge in [0.05, 0.1) is 30.5 Å². The molecular formula is C27H29N3O6. The number of likely N-dealkylation sites (tertiary alicyclic amines) is 1. The number of pyridine rings is 1. The van der Waals surface area contributed by atoms with Gasteiger partial charge >= 0.3 is 0 Å². The van der Waals surface area contributed by atoms with Crippen molar-refractivity contribution in [2.45, 2.75) is 19.9 Å². The minimum absolute atomic E-state index is 0.0212. The van der Waals surface area contributed by atoms with E-state index in [1.807, 2.05) is 13.0 Å². The Bertz CT molecular complexity index is 1340. The van der Waals surface area contributed by atoms with Gasteiger partial charge in [-0.2, -0.15) is 0 Å². The number of benzene rings is 1. The molecule has 3 heterocycles. The number of aromatic nitrogens is 2. The zero-order valence-electron chi connectivity index (χ0n) is 20.6. The summed E-state index contributed by atoms with van der Waals surface area (Å²) in [5.41, 5.74) is 2.07.